The summed E-state index contributed by atoms with van der Waals surface area (Å²) < 4.78 is 5.61. The molecule has 0 amide bonds. The Balaban J connectivity index is 1.84. The molecule has 12 heteroatoms. The van der Waals surface area contributed by atoms with Crippen LogP contribution in [0.2, 0.25) is 15.1 Å². The third kappa shape index (κ3) is 6.53. The average Bonchev–Trinajstić information content (AvgIpc) is 2.64. The zero-order valence-electron chi connectivity index (χ0n) is 17.0. The largest absolute Gasteiger partial charge is 0.492 e. The third-order valence-corrected chi connectivity index (χ3v) is 4.78. The summed E-state index contributed by atoms with van der Waals surface area (Å²) in [5.41, 5.74) is 7.51. The first-order valence-electron chi connectivity index (χ1n) is 9.12. The molecule has 0 atom stereocenters. The first kappa shape index (κ1) is 24.3. The van der Waals surface area contributed by atoms with Gasteiger partial charge in [0.2, 0.25) is 5.96 Å². The number of benzene rings is 1. The average molecular weight is 481 g/mol. The maximum atomic E-state index is 11.6. The van der Waals surface area contributed by atoms with Crippen LogP contribution in [0.15, 0.2) is 22.1 Å². The fraction of sp³-hybridized carbons (Fsp3) is 0.500. The van der Waals surface area contributed by atoms with Gasteiger partial charge in [-0.15, -0.1) is 0 Å². The molecule has 0 bridgehead atoms. The molecule has 0 aromatic heterocycles. The standard InChI is InChI=1S/C18H24Cl3N5O4/c1-10(2)15(27)30-25-17-23-16(22)26(18(3,4)24-17)29-7-5-6-28-14-9-12(20)11(19)8-13(14)21/h8-10H,5-7H2,1-4H3,(H3,22,23,24,25). The molecule has 166 valence electrons. The number of nitrogens with zero attached hydrogens (tertiary/aromatic N) is 3. The van der Waals surface area contributed by atoms with Gasteiger partial charge >= 0.3 is 5.97 Å². The number of ether oxygens (including phenoxy) is 1. The Kier molecular flexibility index (Phi) is 8.42. The molecule has 9 nitrogen and oxygen atoms in total. The normalized spacial score (nSPS) is 15.5. The van der Waals surface area contributed by atoms with Crippen LogP contribution in [0.5, 0.6) is 5.75 Å². The third-order valence-electron chi connectivity index (χ3n) is 3.76. The highest BCUT2D eigenvalue weighted by molar-refractivity contribution is 6.43. The Hall–Kier alpha value is -1.94. The summed E-state index contributed by atoms with van der Waals surface area (Å²) in [4.78, 5) is 30.6. The number of aliphatic imine (C=N–C) groups is 2. The molecule has 0 unspecified atom stereocenters. The lowest BCUT2D eigenvalue weighted by Crippen LogP contribution is -2.54. The first-order valence-corrected chi connectivity index (χ1v) is 10.3. The van der Waals surface area contributed by atoms with Crippen LogP contribution in [0.1, 0.15) is 34.1 Å². The van der Waals surface area contributed by atoms with Crippen LogP contribution in [0.3, 0.4) is 0 Å². The van der Waals surface area contributed by atoms with E-state index in [2.05, 4.69) is 15.5 Å². The van der Waals surface area contributed by atoms with Gasteiger partial charge in [0.15, 0.2) is 5.66 Å². The molecular weight excluding hydrogens is 457 g/mol. The van der Waals surface area contributed by atoms with Crippen molar-refractivity contribution in [2.75, 3.05) is 13.2 Å². The molecule has 1 aromatic rings. The van der Waals surface area contributed by atoms with Crippen molar-refractivity contribution in [1.82, 2.24) is 10.5 Å². The Morgan fingerprint density at radius 2 is 1.87 bits per heavy atom. The summed E-state index contributed by atoms with van der Waals surface area (Å²) >= 11 is 17.9. The van der Waals surface area contributed by atoms with Gasteiger partial charge < -0.3 is 15.3 Å². The quantitative estimate of drug-likeness (QED) is 0.347. The number of hydrogen-bond donors (Lipinski definition) is 2. The molecule has 0 aliphatic carbocycles. The molecule has 3 N–H and O–H groups in total. The fourth-order valence-electron chi connectivity index (χ4n) is 2.26. The second-order valence-corrected chi connectivity index (χ2v) is 8.33. The van der Waals surface area contributed by atoms with E-state index in [9.17, 15) is 4.79 Å². The molecular formula is C18H24Cl3N5O4. The molecule has 0 saturated carbocycles. The molecule has 1 aromatic carbocycles. The predicted octanol–water partition coefficient (Wildman–Crippen LogP) is 3.77. The minimum absolute atomic E-state index is 0.0616. The zero-order valence-corrected chi connectivity index (χ0v) is 19.3. The summed E-state index contributed by atoms with van der Waals surface area (Å²) in [5, 5.41) is 2.45. The van der Waals surface area contributed by atoms with E-state index in [1.54, 1.807) is 33.8 Å². The van der Waals surface area contributed by atoms with Gasteiger partial charge in [-0.25, -0.2) is 9.79 Å². The SMILES string of the molecule is CC(C)C(=O)ONC1=NC(C)(C)N(OCCCOc2cc(Cl)c(Cl)cc2Cl)C(N)=N1. The topological polar surface area (TPSA) is 111 Å². The predicted molar refractivity (Wildman–Crippen MR) is 117 cm³/mol. The van der Waals surface area contributed by atoms with Gasteiger partial charge in [0.1, 0.15) is 5.75 Å². The van der Waals surface area contributed by atoms with E-state index in [0.29, 0.717) is 33.8 Å². The number of carbonyl (C=O) groups is 1. The van der Waals surface area contributed by atoms with Crippen molar-refractivity contribution >= 4 is 52.7 Å². The number of halogens is 3. The Morgan fingerprint density at radius 1 is 1.20 bits per heavy atom. The van der Waals surface area contributed by atoms with Crippen LogP contribution >= 0.6 is 34.8 Å². The van der Waals surface area contributed by atoms with Crippen LogP contribution in [0.4, 0.5) is 0 Å². The van der Waals surface area contributed by atoms with Crippen LogP contribution in [0.25, 0.3) is 0 Å². The maximum absolute atomic E-state index is 11.6. The molecule has 0 spiro atoms. The molecule has 1 heterocycles. The molecule has 0 radical (unpaired) electrons. The fourth-order valence-corrected chi connectivity index (χ4v) is 2.85. The number of hydrogen-bond acceptors (Lipinski definition) is 9. The van der Waals surface area contributed by atoms with E-state index in [4.69, 9.17) is 54.9 Å². The second kappa shape index (κ2) is 10.4. The lowest BCUT2D eigenvalue weighted by Gasteiger charge is -2.37. The maximum Gasteiger partial charge on any atom is 0.334 e. The molecule has 30 heavy (non-hydrogen) atoms. The van der Waals surface area contributed by atoms with Crippen molar-refractivity contribution in [3.63, 3.8) is 0 Å². The molecule has 0 saturated heterocycles. The van der Waals surface area contributed by atoms with Crippen LogP contribution in [-0.4, -0.2) is 41.8 Å². The van der Waals surface area contributed by atoms with E-state index >= 15 is 0 Å². The van der Waals surface area contributed by atoms with Crippen molar-refractivity contribution in [2.24, 2.45) is 21.6 Å². The highest BCUT2D eigenvalue weighted by atomic mass is 35.5. The van der Waals surface area contributed by atoms with Crippen molar-refractivity contribution in [3.8, 4) is 5.75 Å². The van der Waals surface area contributed by atoms with Gasteiger partial charge in [-0.1, -0.05) is 48.7 Å². The zero-order chi connectivity index (χ0) is 22.5. The highest BCUT2D eigenvalue weighted by Gasteiger charge is 2.34. The summed E-state index contributed by atoms with van der Waals surface area (Å²) in [6.45, 7) is 7.56. The Morgan fingerprint density at radius 3 is 2.50 bits per heavy atom. The Bertz CT molecular complexity index is 845. The summed E-state index contributed by atoms with van der Waals surface area (Å²) in [6.07, 6.45) is 0.525. The van der Waals surface area contributed by atoms with Gasteiger partial charge in [-0.05, 0) is 19.9 Å². The van der Waals surface area contributed by atoms with E-state index in [-0.39, 0.29) is 24.4 Å². The van der Waals surface area contributed by atoms with E-state index in [0.717, 1.165) is 0 Å². The first-order chi connectivity index (χ1) is 14.0. The summed E-state index contributed by atoms with van der Waals surface area (Å²) in [6, 6.07) is 3.08. The van der Waals surface area contributed by atoms with Crippen molar-refractivity contribution in [3.05, 3.63) is 27.2 Å². The minimum Gasteiger partial charge on any atom is -0.492 e. The van der Waals surface area contributed by atoms with Crippen molar-refractivity contribution in [1.29, 1.82) is 0 Å². The number of nitrogens with two attached hydrogens (primary N) is 1. The van der Waals surface area contributed by atoms with Gasteiger partial charge in [-0.3, -0.25) is 4.84 Å². The van der Waals surface area contributed by atoms with Crippen LogP contribution < -0.4 is 16.0 Å². The molecule has 1 aliphatic rings. The highest BCUT2D eigenvalue weighted by Crippen LogP contribution is 2.33. The monoisotopic (exact) mass is 479 g/mol. The van der Waals surface area contributed by atoms with Gasteiger partial charge in [-0.2, -0.15) is 15.5 Å². The molecule has 2 rings (SSSR count). The number of rotatable bonds is 7. The smallest absolute Gasteiger partial charge is 0.334 e. The number of hydroxylamine groups is 3. The number of carbonyl (C=O) groups excluding carboxylic acids is 1. The van der Waals surface area contributed by atoms with Crippen LogP contribution in [-0.2, 0) is 14.5 Å². The Labute approximate surface area is 190 Å². The molecule has 0 fully saturated rings. The molecule has 1 aliphatic heterocycles. The summed E-state index contributed by atoms with van der Waals surface area (Å²) in [7, 11) is 0. The van der Waals surface area contributed by atoms with Gasteiger partial charge in [0.25, 0.3) is 5.96 Å². The van der Waals surface area contributed by atoms with E-state index in [1.165, 1.54) is 11.1 Å². The lowest BCUT2D eigenvalue weighted by molar-refractivity contribution is -0.160. The summed E-state index contributed by atoms with van der Waals surface area (Å²) in [5.74, 6) is -0.168. The number of guanidine groups is 2. The van der Waals surface area contributed by atoms with Gasteiger partial charge in [0, 0.05) is 12.5 Å². The van der Waals surface area contributed by atoms with E-state index < -0.39 is 11.6 Å². The van der Waals surface area contributed by atoms with Crippen molar-refractivity contribution in [2.45, 2.75) is 39.8 Å². The second-order valence-electron chi connectivity index (χ2n) is 7.10. The van der Waals surface area contributed by atoms with Crippen molar-refractivity contribution < 1.29 is 19.2 Å². The minimum atomic E-state index is -0.883. The van der Waals surface area contributed by atoms with E-state index in [1.807, 2.05) is 0 Å². The van der Waals surface area contributed by atoms with Gasteiger partial charge in [0.05, 0.1) is 34.2 Å². The lowest BCUT2D eigenvalue weighted by atomic mass is 10.2. The number of nitrogens with one attached hydrogen (secondary N) is 1. The van der Waals surface area contributed by atoms with Crippen LogP contribution in [0, 0.1) is 5.92 Å².